The molecule has 21 heavy (non-hydrogen) atoms. The minimum absolute atomic E-state index is 0.179. The van der Waals surface area contributed by atoms with Gasteiger partial charge in [0.2, 0.25) is 11.8 Å². The summed E-state index contributed by atoms with van der Waals surface area (Å²) in [5, 5.41) is 3.44. The molecule has 1 heterocycles. The van der Waals surface area contributed by atoms with Gasteiger partial charge < -0.3 is 11.1 Å². The summed E-state index contributed by atoms with van der Waals surface area (Å²) < 4.78 is 0. The molecule has 0 unspecified atom stereocenters. The average Bonchev–Trinajstić information content (AvgIpc) is 2.44. The van der Waals surface area contributed by atoms with Gasteiger partial charge in [-0.3, -0.25) is 14.5 Å². The van der Waals surface area contributed by atoms with Gasteiger partial charge in [-0.05, 0) is 31.5 Å². The highest BCUT2D eigenvalue weighted by atomic mass is 35.5. The zero-order valence-electron chi connectivity index (χ0n) is 11.4. The minimum Gasteiger partial charge on any atom is -0.369 e. The van der Waals surface area contributed by atoms with Crippen LogP contribution in [-0.4, -0.2) is 36.3 Å². The Labute approximate surface area is 133 Å². The molecule has 114 valence electrons. The van der Waals surface area contributed by atoms with Crippen LogP contribution in [0.25, 0.3) is 0 Å². The largest absolute Gasteiger partial charge is 0.369 e. The van der Waals surface area contributed by atoms with Crippen LogP contribution in [0.2, 0.25) is 10.0 Å². The van der Waals surface area contributed by atoms with E-state index < -0.39 is 0 Å². The number of primary amides is 1. The predicted molar refractivity (Wildman–Crippen MR) is 83.5 cm³/mol. The molecule has 3 N–H and O–H groups in total. The summed E-state index contributed by atoms with van der Waals surface area (Å²) in [5.74, 6) is -0.677. The van der Waals surface area contributed by atoms with Crippen molar-refractivity contribution in [2.45, 2.75) is 12.8 Å². The number of piperidine rings is 1. The lowest BCUT2D eigenvalue weighted by atomic mass is 9.97. The third kappa shape index (κ3) is 4.33. The number of anilines is 1. The van der Waals surface area contributed by atoms with E-state index >= 15 is 0 Å². The Hall–Kier alpha value is -1.30. The lowest BCUT2D eigenvalue weighted by Gasteiger charge is -2.30. The number of hydrogen-bond donors (Lipinski definition) is 2. The Morgan fingerprint density at radius 2 is 2.14 bits per heavy atom. The van der Waals surface area contributed by atoms with Crippen LogP contribution in [-0.2, 0) is 9.59 Å². The first-order chi connectivity index (χ1) is 9.97. The fraction of sp³-hybridized carbons (Fsp3) is 0.429. The van der Waals surface area contributed by atoms with Gasteiger partial charge in [0.05, 0.1) is 28.2 Å². The summed E-state index contributed by atoms with van der Waals surface area (Å²) in [5.41, 5.74) is 5.81. The van der Waals surface area contributed by atoms with E-state index in [4.69, 9.17) is 28.9 Å². The third-order valence-electron chi connectivity index (χ3n) is 3.50. The molecule has 1 aromatic carbocycles. The maximum atomic E-state index is 12.1. The van der Waals surface area contributed by atoms with Crippen LogP contribution < -0.4 is 11.1 Å². The highest BCUT2D eigenvalue weighted by molar-refractivity contribution is 6.43. The highest BCUT2D eigenvalue weighted by Crippen LogP contribution is 2.29. The van der Waals surface area contributed by atoms with Crippen molar-refractivity contribution in [3.8, 4) is 0 Å². The molecule has 1 aromatic rings. The first-order valence-electron chi connectivity index (χ1n) is 6.73. The molecular weight excluding hydrogens is 313 g/mol. The van der Waals surface area contributed by atoms with E-state index in [2.05, 4.69) is 5.32 Å². The Morgan fingerprint density at radius 1 is 1.38 bits per heavy atom. The second-order valence-electron chi connectivity index (χ2n) is 5.13. The molecule has 5 nitrogen and oxygen atoms in total. The Balaban J connectivity index is 1.92. The van der Waals surface area contributed by atoms with Crippen molar-refractivity contribution >= 4 is 40.7 Å². The van der Waals surface area contributed by atoms with Crippen molar-refractivity contribution in [3.63, 3.8) is 0 Å². The number of halogens is 2. The molecule has 0 saturated carbocycles. The number of nitrogens with two attached hydrogens (primary N) is 1. The molecule has 7 heteroatoms. The van der Waals surface area contributed by atoms with Gasteiger partial charge in [0.1, 0.15) is 0 Å². The average molecular weight is 330 g/mol. The Bertz CT molecular complexity index is 551. The van der Waals surface area contributed by atoms with Crippen molar-refractivity contribution in [1.82, 2.24) is 4.90 Å². The van der Waals surface area contributed by atoms with E-state index in [0.717, 1.165) is 19.4 Å². The van der Waals surface area contributed by atoms with Crippen molar-refractivity contribution < 1.29 is 9.59 Å². The highest BCUT2D eigenvalue weighted by Gasteiger charge is 2.25. The number of nitrogens with zero attached hydrogens (tertiary/aromatic N) is 1. The monoisotopic (exact) mass is 329 g/mol. The number of carbonyl (C=O) groups excluding carboxylic acids is 2. The van der Waals surface area contributed by atoms with Gasteiger partial charge in [-0.25, -0.2) is 0 Å². The molecule has 1 aliphatic heterocycles. The molecule has 2 amide bonds. The maximum Gasteiger partial charge on any atom is 0.238 e. The normalized spacial score (nSPS) is 19.2. The molecule has 0 aromatic heterocycles. The molecule has 0 bridgehead atoms. The number of amides is 2. The van der Waals surface area contributed by atoms with Crippen LogP contribution in [0.5, 0.6) is 0 Å². The predicted octanol–water partition coefficient (Wildman–Crippen LogP) is 2.13. The van der Waals surface area contributed by atoms with Gasteiger partial charge in [-0.1, -0.05) is 29.3 Å². The zero-order valence-corrected chi connectivity index (χ0v) is 13.0. The standard InChI is InChI=1S/C14H17Cl2N3O2/c15-10-4-1-5-11(13(10)16)18-12(20)8-19-6-2-3-9(7-19)14(17)21/h1,4-5,9H,2-3,6-8H2,(H2,17,21)(H,18,20)/t9-/m0/s1. The van der Waals surface area contributed by atoms with Gasteiger partial charge in [-0.15, -0.1) is 0 Å². The number of benzene rings is 1. The number of likely N-dealkylation sites (tertiary alicyclic amines) is 1. The van der Waals surface area contributed by atoms with Crippen molar-refractivity contribution in [3.05, 3.63) is 28.2 Å². The van der Waals surface area contributed by atoms with Crippen LogP contribution >= 0.6 is 23.2 Å². The first-order valence-corrected chi connectivity index (χ1v) is 7.48. The molecule has 1 fully saturated rings. The van der Waals surface area contributed by atoms with E-state index in [1.165, 1.54) is 0 Å². The van der Waals surface area contributed by atoms with Gasteiger partial charge >= 0.3 is 0 Å². The fourth-order valence-electron chi connectivity index (χ4n) is 2.42. The number of rotatable bonds is 4. The zero-order chi connectivity index (χ0) is 15.4. The van der Waals surface area contributed by atoms with E-state index in [1.54, 1.807) is 18.2 Å². The molecule has 0 spiro atoms. The van der Waals surface area contributed by atoms with Gasteiger partial charge in [0.15, 0.2) is 0 Å². The molecule has 1 atom stereocenters. The van der Waals surface area contributed by atoms with Crippen LogP contribution in [0.1, 0.15) is 12.8 Å². The lowest BCUT2D eigenvalue weighted by molar-refractivity contribution is -0.125. The topological polar surface area (TPSA) is 75.4 Å². The molecule has 1 saturated heterocycles. The van der Waals surface area contributed by atoms with Crippen molar-refractivity contribution in [2.24, 2.45) is 11.7 Å². The van der Waals surface area contributed by atoms with Crippen LogP contribution in [0.4, 0.5) is 5.69 Å². The number of carbonyl (C=O) groups is 2. The molecule has 0 radical (unpaired) electrons. The van der Waals surface area contributed by atoms with E-state index in [0.29, 0.717) is 22.3 Å². The summed E-state index contributed by atoms with van der Waals surface area (Å²) in [6.45, 7) is 1.50. The summed E-state index contributed by atoms with van der Waals surface area (Å²) in [6, 6.07) is 5.06. The SMILES string of the molecule is NC(=O)[C@H]1CCCN(CC(=O)Nc2cccc(Cl)c2Cl)C1. The lowest BCUT2D eigenvalue weighted by Crippen LogP contribution is -2.44. The second-order valence-corrected chi connectivity index (χ2v) is 5.91. The fourth-order valence-corrected chi connectivity index (χ4v) is 2.77. The van der Waals surface area contributed by atoms with Crippen LogP contribution in [0.3, 0.4) is 0 Å². The van der Waals surface area contributed by atoms with Gasteiger partial charge in [0.25, 0.3) is 0 Å². The van der Waals surface area contributed by atoms with Crippen molar-refractivity contribution in [1.29, 1.82) is 0 Å². The molecule has 0 aliphatic carbocycles. The molecule has 2 rings (SSSR count). The minimum atomic E-state index is -0.307. The summed E-state index contributed by atoms with van der Waals surface area (Å²) in [7, 11) is 0. The number of nitrogens with one attached hydrogen (secondary N) is 1. The van der Waals surface area contributed by atoms with E-state index in [9.17, 15) is 9.59 Å². The van der Waals surface area contributed by atoms with E-state index in [1.807, 2.05) is 4.90 Å². The van der Waals surface area contributed by atoms with E-state index in [-0.39, 0.29) is 24.3 Å². The Morgan fingerprint density at radius 3 is 2.86 bits per heavy atom. The van der Waals surface area contributed by atoms with Gasteiger partial charge in [-0.2, -0.15) is 0 Å². The van der Waals surface area contributed by atoms with Crippen LogP contribution in [0, 0.1) is 5.92 Å². The third-order valence-corrected chi connectivity index (χ3v) is 4.32. The van der Waals surface area contributed by atoms with Gasteiger partial charge in [0, 0.05) is 6.54 Å². The molecular formula is C14H17Cl2N3O2. The van der Waals surface area contributed by atoms with Crippen LogP contribution in [0.15, 0.2) is 18.2 Å². The number of hydrogen-bond acceptors (Lipinski definition) is 3. The maximum absolute atomic E-state index is 12.1. The summed E-state index contributed by atoms with van der Waals surface area (Å²) in [4.78, 5) is 25.2. The van der Waals surface area contributed by atoms with Crippen molar-refractivity contribution in [2.75, 3.05) is 25.0 Å². The Kier molecular flexibility index (Phi) is 5.45. The quantitative estimate of drug-likeness (QED) is 0.888. The molecule has 1 aliphatic rings. The second kappa shape index (κ2) is 7.11. The smallest absolute Gasteiger partial charge is 0.238 e. The summed E-state index contributed by atoms with van der Waals surface area (Å²) in [6.07, 6.45) is 1.65. The summed E-state index contributed by atoms with van der Waals surface area (Å²) >= 11 is 11.9. The first kappa shape index (κ1) is 16.1.